The van der Waals surface area contributed by atoms with Crippen LogP contribution in [0, 0.1) is 0 Å². The van der Waals surface area contributed by atoms with Crippen LogP contribution in [-0.2, 0) is 0 Å². The van der Waals surface area contributed by atoms with Gasteiger partial charge in [0.2, 0.25) is 0 Å². The van der Waals surface area contributed by atoms with Crippen LogP contribution in [0.3, 0.4) is 0 Å². The van der Waals surface area contributed by atoms with Gasteiger partial charge in [0.1, 0.15) is 6.61 Å². The van der Waals surface area contributed by atoms with Gasteiger partial charge in [0.05, 0.1) is 18.3 Å². The molecule has 1 N–H and O–H groups in total. The number of carbonyl (C=O) groups is 1. The van der Waals surface area contributed by atoms with Crippen molar-refractivity contribution in [3.63, 3.8) is 0 Å². The standard InChI is InChI=1S/C12H16O4/c1-12(2,14)8-16-11-9(7-13)5-4-6-10(11)15-3/h4-7,14H,8H2,1-3H3. The van der Waals surface area contributed by atoms with Gasteiger partial charge in [-0.1, -0.05) is 6.07 Å². The van der Waals surface area contributed by atoms with E-state index in [4.69, 9.17) is 9.47 Å². The van der Waals surface area contributed by atoms with E-state index >= 15 is 0 Å². The second-order valence-corrected chi connectivity index (χ2v) is 4.10. The lowest BCUT2D eigenvalue weighted by Gasteiger charge is -2.19. The largest absolute Gasteiger partial charge is 0.493 e. The SMILES string of the molecule is COc1cccc(C=O)c1OCC(C)(C)O. The van der Waals surface area contributed by atoms with Crippen molar-refractivity contribution >= 4 is 6.29 Å². The fourth-order valence-corrected chi connectivity index (χ4v) is 1.19. The summed E-state index contributed by atoms with van der Waals surface area (Å²) in [5, 5.41) is 9.55. The average molecular weight is 224 g/mol. The highest BCUT2D eigenvalue weighted by Gasteiger charge is 2.17. The maximum atomic E-state index is 10.8. The van der Waals surface area contributed by atoms with Gasteiger partial charge in [-0.05, 0) is 26.0 Å². The number of para-hydroxylation sites is 1. The van der Waals surface area contributed by atoms with E-state index in [2.05, 4.69) is 0 Å². The van der Waals surface area contributed by atoms with Gasteiger partial charge in [-0.3, -0.25) is 4.79 Å². The first-order valence-electron chi connectivity index (χ1n) is 4.95. The van der Waals surface area contributed by atoms with E-state index in [1.807, 2.05) is 0 Å². The predicted molar refractivity (Wildman–Crippen MR) is 60.2 cm³/mol. The Labute approximate surface area is 94.8 Å². The van der Waals surface area contributed by atoms with Gasteiger partial charge in [-0.15, -0.1) is 0 Å². The van der Waals surface area contributed by atoms with Crippen LogP contribution in [0.4, 0.5) is 0 Å². The highest BCUT2D eigenvalue weighted by Crippen LogP contribution is 2.30. The normalized spacial score (nSPS) is 11.0. The minimum absolute atomic E-state index is 0.0915. The minimum atomic E-state index is -0.957. The van der Waals surface area contributed by atoms with E-state index in [0.717, 1.165) is 0 Å². The first-order valence-corrected chi connectivity index (χ1v) is 4.95. The third-order valence-corrected chi connectivity index (χ3v) is 1.93. The minimum Gasteiger partial charge on any atom is -0.493 e. The summed E-state index contributed by atoms with van der Waals surface area (Å²) in [7, 11) is 1.50. The van der Waals surface area contributed by atoms with Crippen LogP contribution in [0.1, 0.15) is 24.2 Å². The molecule has 0 fully saturated rings. The summed E-state index contributed by atoms with van der Waals surface area (Å²) < 4.78 is 10.5. The van der Waals surface area contributed by atoms with E-state index in [1.54, 1.807) is 32.0 Å². The third kappa shape index (κ3) is 3.24. The van der Waals surface area contributed by atoms with E-state index in [1.165, 1.54) is 7.11 Å². The van der Waals surface area contributed by atoms with Gasteiger partial charge in [-0.2, -0.15) is 0 Å². The molecule has 0 aliphatic carbocycles. The van der Waals surface area contributed by atoms with Crippen molar-refractivity contribution in [1.29, 1.82) is 0 Å². The van der Waals surface area contributed by atoms with Crippen molar-refractivity contribution in [2.45, 2.75) is 19.4 Å². The number of hydrogen-bond acceptors (Lipinski definition) is 4. The predicted octanol–water partition coefficient (Wildman–Crippen LogP) is 1.66. The van der Waals surface area contributed by atoms with E-state index in [0.29, 0.717) is 23.3 Å². The summed E-state index contributed by atoms with van der Waals surface area (Å²) in [4.78, 5) is 10.8. The number of aliphatic hydroxyl groups is 1. The van der Waals surface area contributed by atoms with Gasteiger partial charge in [-0.25, -0.2) is 0 Å². The molecule has 0 radical (unpaired) electrons. The fourth-order valence-electron chi connectivity index (χ4n) is 1.19. The second-order valence-electron chi connectivity index (χ2n) is 4.10. The van der Waals surface area contributed by atoms with Crippen molar-refractivity contribution in [2.75, 3.05) is 13.7 Å². The Kier molecular flexibility index (Phi) is 3.90. The molecule has 1 aromatic rings. The second kappa shape index (κ2) is 4.99. The molecular weight excluding hydrogens is 208 g/mol. The van der Waals surface area contributed by atoms with Crippen molar-refractivity contribution in [1.82, 2.24) is 0 Å². The number of benzene rings is 1. The highest BCUT2D eigenvalue weighted by molar-refractivity contribution is 5.81. The number of carbonyl (C=O) groups excluding carboxylic acids is 1. The summed E-state index contributed by atoms with van der Waals surface area (Å²) >= 11 is 0. The Balaban J connectivity index is 2.95. The van der Waals surface area contributed by atoms with E-state index < -0.39 is 5.60 Å². The van der Waals surface area contributed by atoms with Crippen molar-refractivity contribution < 1.29 is 19.4 Å². The summed E-state index contributed by atoms with van der Waals surface area (Å²) in [5.74, 6) is 0.843. The highest BCUT2D eigenvalue weighted by atomic mass is 16.5. The Morgan fingerprint density at radius 1 is 1.44 bits per heavy atom. The molecule has 1 aromatic carbocycles. The quantitative estimate of drug-likeness (QED) is 0.773. The number of hydrogen-bond donors (Lipinski definition) is 1. The van der Waals surface area contributed by atoms with Crippen LogP contribution in [0.25, 0.3) is 0 Å². The van der Waals surface area contributed by atoms with Gasteiger partial charge < -0.3 is 14.6 Å². The molecule has 0 atom stereocenters. The molecule has 0 aliphatic rings. The van der Waals surface area contributed by atoms with Crippen molar-refractivity contribution in [3.05, 3.63) is 23.8 Å². The molecule has 0 bridgehead atoms. The number of aldehydes is 1. The van der Waals surface area contributed by atoms with Crippen LogP contribution in [0.15, 0.2) is 18.2 Å². The van der Waals surface area contributed by atoms with Crippen molar-refractivity contribution in [3.8, 4) is 11.5 Å². The Bertz CT molecular complexity index is 366. The van der Waals surface area contributed by atoms with Gasteiger partial charge >= 0.3 is 0 Å². The third-order valence-electron chi connectivity index (χ3n) is 1.93. The number of methoxy groups -OCH3 is 1. The maximum Gasteiger partial charge on any atom is 0.171 e. The molecule has 0 spiro atoms. The molecule has 0 aromatic heterocycles. The first-order chi connectivity index (χ1) is 7.48. The molecule has 4 nitrogen and oxygen atoms in total. The Hall–Kier alpha value is -1.55. The molecule has 1 rings (SSSR count). The maximum absolute atomic E-state index is 10.8. The first kappa shape index (κ1) is 12.5. The number of ether oxygens (including phenoxy) is 2. The zero-order valence-electron chi connectivity index (χ0n) is 9.69. The van der Waals surface area contributed by atoms with Gasteiger partial charge in [0.25, 0.3) is 0 Å². The topological polar surface area (TPSA) is 55.8 Å². The summed E-state index contributed by atoms with van der Waals surface area (Å²) in [6.07, 6.45) is 0.697. The monoisotopic (exact) mass is 224 g/mol. The van der Waals surface area contributed by atoms with Gasteiger partial charge in [0, 0.05) is 0 Å². The summed E-state index contributed by atoms with van der Waals surface area (Å²) in [5.41, 5.74) is -0.551. The van der Waals surface area contributed by atoms with Gasteiger partial charge in [0.15, 0.2) is 17.8 Å². The lowest BCUT2D eigenvalue weighted by atomic mass is 10.1. The molecule has 16 heavy (non-hydrogen) atoms. The Morgan fingerprint density at radius 3 is 2.62 bits per heavy atom. The van der Waals surface area contributed by atoms with Crippen LogP contribution in [0.2, 0.25) is 0 Å². The van der Waals surface area contributed by atoms with E-state index in [9.17, 15) is 9.90 Å². The van der Waals surface area contributed by atoms with Crippen LogP contribution >= 0.6 is 0 Å². The molecule has 0 unspecified atom stereocenters. The van der Waals surface area contributed by atoms with Crippen LogP contribution in [0.5, 0.6) is 11.5 Å². The molecular formula is C12H16O4. The van der Waals surface area contributed by atoms with Crippen molar-refractivity contribution in [2.24, 2.45) is 0 Å². The molecule has 88 valence electrons. The fraction of sp³-hybridized carbons (Fsp3) is 0.417. The zero-order chi connectivity index (χ0) is 12.2. The molecule has 0 heterocycles. The molecule has 4 heteroatoms. The summed E-state index contributed by atoms with van der Waals surface area (Å²) in [6, 6.07) is 5.04. The van der Waals surface area contributed by atoms with E-state index in [-0.39, 0.29) is 6.61 Å². The number of rotatable bonds is 5. The molecule has 0 saturated carbocycles. The van der Waals surface area contributed by atoms with Crippen LogP contribution < -0.4 is 9.47 Å². The molecule has 0 aliphatic heterocycles. The average Bonchev–Trinajstić information content (AvgIpc) is 2.24. The lowest BCUT2D eigenvalue weighted by molar-refractivity contribution is 0.0273. The summed E-state index contributed by atoms with van der Waals surface area (Å²) in [6.45, 7) is 3.35. The molecule has 0 amide bonds. The smallest absolute Gasteiger partial charge is 0.171 e. The lowest BCUT2D eigenvalue weighted by Crippen LogP contribution is -2.28. The zero-order valence-corrected chi connectivity index (χ0v) is 9.69. The Morgan fingerprint density at radius 2 is 2.12 bits per heavy atom. The molecule has 0 saturated heterocycles. The van der Waals surface area contributed by atoms with Crippen LogP contribution in [-0.4, -0.2) is 30.7 Å².